The van der Waals surface area contributed by atoms with Crippen LogP contribution < -0.4 is 25.4 Å². The van der Waals surface area contributed by atoms with Gasteiger partial charge in [0.2, 0.25) is 0 Å². The minimum absolute atomic E-state index is 0.583. The van der Waals surface area contributed by atoms with Gasteiger partial charge >= 0.3 is 0 Å². The molecule has 2 aliphatic rings. The third kappa shape index (κ3) is 4.10. The summed E-state index contributed by atoms with van der Waals surface area (Å²) in [6.45, 7) is 0. The van der Waals surface area contributed by atoms with Gasteiger partial charge in [0.25, 0.3) is 0 Å². The first-order chi connectivity index (χ1) is 22.7. The Balaban J connectivity index is 1.40. The van der Waals surface area contributed by atoms with Gasteiger partial charge in [-0.1, -0.05) is 133 Å². The first kappa shape index (κ1) is 26.7. The summed E-state index contributed by atoms with van der Waals surface area (Å²) in [5.41, 5.74) is 7.80. The second kappa shape index (κ2) is 10.5. The molecule has 0 spiro atoms. The number of hydrogen-bond acceptors (Lipinski definition) is 3. The lowest BCUT2D eigenvalue weighted by atomic mass is 9.96. The van der Waals surface area contributed by atoms with E-state index in [1.807, 2.05) is 84.9 Å². The van der Waals surface area contributed by atoms with Gasteiger partial charge in [-0.05, 0) is 63.7 Å². The summed E-state index contributed by atoms with van der Waals surface area (Å²) in [5.74, 6) is 2.37. The smallest absolute Gasteiger partial charge is 0.185 e. The van der Waals surface area contributed by atoms with E-state index in [-0.39, 0.29) is 0 Å². The summed E-state index contributed by atoms with van der Waals surface area (Å²) in [5, 5.41) is 1.98. The second-order valence-corrected chi connectivity index (χ2v) is 14.3. The quantitative estimate of drug-likeness (QED) is 0.186. The molecule has 0 saturated heterocycles. The molecule has 0 fully saturated rings. The third-order valence-electron chi connectivity index (χ3n) is 8.93. The summed E-state index contributed by atoms with van der Waals surface area (Å²) < 4.78 is 30.2. The molecule has 46 heavy (non-hydrogen) atoms. The van der Waals surface area contributed by atoms with E-state index in [9.17, 15) is 0 Å². The highest BCUT2D eigenvalue weighted by molar-refractivity contribution is 7.86. The summed E-state index contributed by atoms with van der Waals surface area (Å²) in [4.78, 5) is 0. The van der Waals surface area contributed by atoms with Crippen molar-refractivity contribution in [1.82, 2.24) is 0 Å². The molecule has 7 aromatic rings. The zero-order valence-corrected chi connectivity index (χ0v) is 25.7. The largest absolute Gasteiger partial charge is 0.455 e. The van der Waals surface area contributed by atoms with Gasteiger partial charge in [-0.15, -0.1) is 0 Å². The van der Waals surface area contributed by atoms with Crippen LogP contribution in [0.4, 0.5) is 0 Å². The maximum absolute atomic E-state index is 16.5. The molecule has 2 heterocycles. The minimum atomic E-state index is -3.55. The lowest BCUT2D eigenvalue weighted by molar-refractivity contribution is 0.464. The highest BCUT2D eigenvalue weighted by Gasteiger charge is 2.48. The van der Waals surface area contributed by atoms with E-state index in [2.05, 4.69) is 78.9 Å². The Morgan fingerprint density at radius 1 is 0.370 bits per heavy atom. The SMILES string of the molecule is O=P12c3cc(-c4ccccc4)ccc3Oc3c(-c4ccccc4)cc(-c4ccccc4)c(c31)Oc1ccc(-c3ccccc3)cc12. The van der Waals surface area contributed by atoms with Gasteiger partial charge in [0.1, 0.15) is 28.3 Å². The molecule has 0 N–H and O–H groups in total. The topological polar surface area (TPSA) is 35.5 Å². The summed E-state index contributed by atoms with van der Waals surface area (Å²) in [6, 6.07) is 55.0. The van der Waals surface area contributed by atoms with E-state index >= 15 is 4.57 Å². The van der Waals surface area contributed by atoms with Crippen molar-refractivity contribution in [2.45, 2.75) is 0 Å². The van der Waals surface area contributed by atoms with Crippen LogP contribution >= 0.6 is 7.14 Å². The van der Waals surface area contributed by atoms with E-state index in [0.717, 1.165) is 44.5 Å². The van der Waals surface area contributed by atoms with Crippen molar-refractivity contribution >= 4 is 23.1 Å². The zero-order valence-electron chi connectivity index (χ0n) is 24.8. The Morgan fingerprint density at radius 2 is 0.739 bits per heavy atom. The molecular formula is C42H27O3P. The first-order valence-corrected chi connectivity index (χ1v) is 17.1. The molecule has 0 aliphatic carbocycles. The molecular weight excluding hydrogens is 583 g/mol. The average Bonchev–Trinajstić information content (AvgIpc) is 3.13. The van der Waals surface area contributed by atoms with E-state index < -0.39 is 7.14 Å². The molecule has 0 aromatic heterocycles. The Kier molecular flexibility index (Phi) is 6.09. The number of fused-ring (bicyclic) bond motifs is 4. The normalized spacial score (nSPS) is 13.4. The van der Waals surface area contributed by atoms with Gasteiger partial charge in [0.15, 0.2) is 7.14 Å². The highest BCUT2D eigenvalue weighted by atomic mass is 31.2. The maximum atomic E-state index is 16.5. The van der Waals surface area contributed by atoms with Crippen LogP contribution in [0.1, 0.15) is 0 Å². The van der Waals surface area contributed by atoms with Crippen molar-refractivity contribution in [3.8, 4) is 67.5 Å². The molecule has 0 bridgehead atoms. The van der Waals surface area contributed by atoms with Gasteiger partial charge < -0.3 is 14.0 Å². The summed E-state index contributed by atoms with van der Waals surface area (Å²) in [6.07, 6.45) is 0. The molecule has 0 unspecified atom stereocenters. The summed E-state index contributed by atoms with van der Waals surface area (Å²) in [7, 11) is -3.55. The van der Waals surface area contributed by atoms with Crippen molar-refractivity contribution in [2.75, 3.05) is 0 Å². The van der Waals surface area contributed by atoms with Crippen molar-refractivity contribution in [1.29, 1.82) is 0 Å². The van der Waals surface area contributed by atoms with Crippen LogP contribution in [0.3, 0.4) is 0 Å². The summed E-state index contributed by atoms with van der Waals surface area (Å²) >= 11 is 0. The first-order valence-electron chi connectivity index (χ1n) is 15.4. The predicted molar refractivity (Wildman–Crippen MR) is 188 cm³/mol. The van der Waals surface area contributed by atoms with E-state index in [4.69, 9.17) is 9.47 Å². The predicted octanol–water partition coefficient (Wildman–Crippen LogP) is 10.2. The molecule has 9 rings (SSSR count). The van der Waals surface area contributed by atoms with Gasteiger partial charge in [0, 0.05) is 11.1 Å². The van der Waals surface area contributed by atoms with Crippen LogP contribution in [0.25, 0.3) is 44.5 Å². The van der Waals surface area contributed by atoms with Crippen LogP contribution in [-0.2, 0) is 4.57 Å². The molecule has 0 saturated carbocycles. The van der Waals surface area contributed by atoms with Crippen LogP contribution in [0.2, 0.25) is 0 Å². The molecule has 0 radical (unpaired) electrons. The number of ether oxygens (including phenoxy) is 2. The molecule has 0 amide bonds. The average molecular weight is 611 g/mol. The van der Waals surface area contributed by atoms with Crippen molar-refractivity contribution < 1.29 is 14.0 Å². The van der Waals surface area contributed by atoms with Crippen molar-refractivity contribution in [2.24, 2.45) is 0 Å². The molecule has 7 aromatic carbocycles. The molecule has 4 heteroatoms. The fourth-order valence-electron chi connectivity index (χ4n) is 6.70. The molecule has 0 atom stereocenters. The monoisotopic (exact) mass is 610 g/mol. The number of benzene rings is 7. The standard InChI is InChI=1S/C42H27O3P/c43-46-38-25-32(28-13-5-1-6-14-28)21-23-36(38)44-40-34(30-17-9-3-10-18-30)27-35(31-19-11-4-12-20-31)41(42(40)46)45-37-24-22-33(26-39(37)46)29-15-7-2-8-16-29/h1-27H. The molecule has 218 valence electrons. The fraction of sp³-hybridized carbons (Fsp3) is 0. The van der Waals surface area contributed by atoms with Crippen LogP contribution in [-0.4, -0.2) is 0 Å². The van der Waals surface area contributed by atoms with Crippen LogP contribution in [0.15, 0.2) is 164 Å². The Bertz CT molecular complexity index is 2160. The Labute approximate surface area is 267 Å². The van der Waals surface area contributed by atoms with Gasteiger partial charge in [-0.3, -0.25) is 0 Å². The van der Waals surface area contributed by atoms with Crippen LogP contribution in [0.5, 0.6) is 23.0 Å². The highest BCUT2D eigenvalue weighted by Crippen LogP contribution is 2.62. The van der Waals surface area contributed by atoms with Crippen molar-refractivity contribution in [3.63, 3.8) is 0 Å². The number of rotatable bonds is 4. The second-order valence-electron chi connectivity index (χ2n) is 11.6. The van der Waals surface area contributed by atoms with Crippen molar-refractivity contribution in [3.05, 3.63) is 164 Å². The van der Waals surface area contributed by atoms with Crippen LogP contribution in [0, 0.1) is 0 Å². The zero-order chi connectivity index (χ0) is 30.7. The molecule has 2 aliphatic heterocycles. The van der Waals surface area contributed by atoms with E-state index in [1.165, 1.54) is 0 Å². The van der Waals surface area contributed by atoms with E-state index in [1.54, 1.807) is 0 Å². The molecule has 3 nitrogen and oxygen atoms in total. The lowest BCUT2D eigenvalue weighted by Gasteiger charge is -2.37. The third-order valence-corrected chi connectivity index (χ3v) is 12.0. The van der Waals surface area contributed by atoms with Gasteiger partial charge in [0.05, 0.1) is 10.6 Å². The Hall–Kier alpha value is -5.63. The maximum Gasteiger partial charge on any atom is 0.185 e. The fourth-order valence-corrected chi connectivity index (χ4v) is 9.85. The number of hydrogen-bond donors (Lipinski definition) is 0. The lowest BCUT2D eigenvalue weighted by Crippen LogP contribution is -2.36. The van der Waals surface area contributed by atoms with Gasteiger partial charge in [-0.2, -0.15) is 0 Å². The minimum Gasteiger partial charge on any atom is -0.455 e. The Morgan fingerprint density at radius 3 is 1.13 bits per heavy atom. The van der Waals surface area contributed by atoms with E-state index in [0.29, 0.717) is 38.9 Å². The van der Waals surface area contributed by atoms with Gasteiger partial charge in [-0.25, -0.2) is 0 Å².